The fourth-order valence-corrected chi connectivity index (χ4v) is 3.14. The zero-order valence-electron chi connectivity index (χ0n) is 14.8. The van der Waals surface area contributed by atoms with E-state index in [4.69, 9.17) is 0 Å². The van der Waals surface area contributed by atoms with E-state index in [0.29, 0.717) is 11.4 Å². The molecule has 0 aromatic heterocycles. The minimum absolute atomic E-state index is 0.0401. The summed E-state index contributed by atoms with van der Waals surface area (Å²) in [5.74, 6) is -0.664. The van der Waals surface area contributed by atoms with Crippen molar-refractivity contribution in [3.05, 3.63) is 58.1 Å². The summed E-state index contributed by atoms with van der Waals surface area (Å²) >= 11 is 0. The molecule has 0 saturated heterocycles. The summed E-state index contributed by atoms with van der Waals surface area (Å²) in [5.41, 5.74) is 0.332. The van der Waals surface area contributed by atoms with Crippen LogP contribution < -0.4 is 10.6 Å². The summed E-state index contributed by atoms with van der Waals surface area (Å²) in [6, 6.07) is 9.36. The van der Waals surface area contributed by atoms with E-state index in [9.17, 15) is 28.1 Å². The summed E-state index contributed by atoms with van der Waals surface area (Å²) in [6.45, 7) is 0. The Morgan fingerprint density at radius 3 is 2.11 bits per heavy atom. The molecule has 0 unspecified atom stereocenters. The molecule has 0 aliphatic heterocycles. The molecule has 9 nitrogen and oxygen atoms in total. The lowest BCUT2D eigenvalue weighted by molar-refractivity contribution is -0.385. The number of benzene rings is 2. The van der Waals surface area contributed by atoms with Gasteiger partial charge in [-0.3, -0.25) is 19.7 Å². The van der Waals surface area contributed by atoms with E-state index in [-0.39, 0.29) is 22.3 Å². The van der Waals surface area contributed by atoms with E-state index in [0.717, 1.165) is 37.3 Å². The highest BCUT2D eigenvalue weighted by molar-refractivity contribution is 7.90. The molecule has 0 radical (unpaired) electrons. The lowest BCUT2D eigenvalue weighted by atomic mass is 10.2. The van der Waals surface area contributed by atoms with Gasteiger partial charge < -0.3 is 10.6 Å². The van der Waals surface area contributed by atoms with Crippen molar-refractivity contribution in [3.8, 4) is 0 Å². The maximum atomic E-state index is 12.4. The van der Waals surface area contributed by atoms with Crippen LogP contribution >= 0.6 is 0 Å². The van der Waals surface area contributed by atoms with Crippen molar-refractivity contribution in [1.29, 1.82) is 0 Å². The molecule has 0 bridgehead atoms. The molecule has 28 heavy (non-hydrogen) atoms. The van der Waals surface area contributed by atoms with Crippen LogP contribution in [0.5, 0.6) is 0 Å². The van der Waals surface area contributed by atoms with E-state index in [2.05, 4.69) is 10.6 Å². The standard InChI is InChI=1S/C18H17N3O6S/c1-28(26,27)16-9-12(8-15(10-16)21(24)25)18(23)20-14-6-4-13(5-7-14)19-17(22)11-2-3-11/h4-11H,2-3H2,1H3,(H,19,22)(H,20,23). The van der Waals surface area contributed by atoms with Crippen molar-refractivity contribution in [1.82, 2.24) is 0 Å². The van der Waals surface area contributed by atoms with Gasteiger partial charge in [-0.15, -0.1) is 0 Å². The third kappa shape index (κ3) is 4.71. The first-order valence-electron chi connectivity index (χ1n) is 8.35. The van der Waals surface area contributed by atoms with Crippen LogP contribution in [0.1, 0.15) is 23.2 Å². The highest BCUT2D eigenvalue weighted by atomic mass is 32.2. The quantitative estimate of drug-likeness (QED) is 0.562. The molecule has 2 N–H and O–H groups in total. The molecule has 1 saturated carbocycles. The van der Waals surface area contributed by atoms with E-state index in [1.54, 1.807) is 24.3 Å². The molecule has 0 spiro atoms. The molecule has 10 heteroatoms. The van der Waals surface area contributed by atoms with Crippen LogP contribution in [-0.2, 0) is 14.6 Å². The Labute approximate surface area is 160 Å². The second kappa shape index (κ2) is 7.39. The van der Waals surface area contributed by atoms with Crippen LogP contribution in [0.15, 0.2) is 47.4 Å². The molecule has 2 amide bonds. The molecule has 0 atom stereocenters. The average Bonchev–Trinajstić information content (AvgIpc) is 3.47. The first-order valence-corrected chi connectivity index (χ1v) is 10.2. The van der Waals surface area contributed by atoms with Gasteiger partial charge in [-0.05, 0) is 43.2 Å². The van der Waals surface area contributed by atoms with E-state index in [1.807, 2.05) is 0 Å². The topological polar surface area (TPSA) is 135 Å². The maximum Gasteiger partial charge on any atom is 0.271 e. The Bertz CT molecular complexity index is 1060. The number of carbonyl (C=O) groups excluding carboxylic acids is 2. The number of carbonyl (C=O) groups is 2. The number of anilines is 2. The number of nitro groups is 1. The van der Waals surface area contributed by atoms with Crippen LogP contribution in [0.25, 0.3) is 0 Å². The fraction of sp³-hybridized carbons (Fsp3) is 0.222. The number of nitrogens with zero attached hydrogens (tertiary/aromatic N) is 1. The fourth-order valence-electron chi connectivity index (χ4n) is 2.46. The van der Waals surface area contributed by atoms with E-state index in [1.165, 1.54) is 0 Å². The molecular weight excluding hydrogens is 386 g/mol. The van der Waals surface area contributed by atoms with Gasteiger partial charge in [0.2, 0.25) is 5.91 Å². The smallest absolute Gasteiger partial charge is 0.271 e. The Kier molecular flexibility index (Phi) is 5.14. The molecule has 1 fully saturated rings. The molecule has 2 aromatic carbocycles. The van der Waals surface area contributed by atoms with E-state index < -0.39 is 26.4 Å². The number of hydrogen-bond donors (Lipinski definition) is 2. The summed E-state index contributed by atoms with van der Waals surface area (Å²) in [6.07, 6.45) is 2.68. The zero-order chi connectivity index (χ0) is 20.5. The minimum Gasteiger partial charge on any atom is -0.326 e. The number of nitrogens with one attached hydrogen (secondary N) is 2. The Morgan fingerprint density at radius 1 is 1.04 bits per heavy atom. The van der Waals surface area contributed by atoms with Gasteiger partial charge in [0.1, 0.15) is 0 Å². The van der Waals surface area contributed by atoms with Gasteiger partial charge >= 0.3 is 0 Å². The molecule has 1 aliphatic rings. The predicted octanol–water partition coefficient (Wildman–Crippen LogP) is 2.60. The number of nitro benzene ring substituents is 1. The van der Waals surface area contributed by atoms with Gasteiger partial charge in [-0.2, -0.15) is 0 Å². The summed E-state index contributed by atoms with van der Waals surface area (Å²) in [7, 11) is -3.73. The first-order chi connectivity index (χ1) is 13.1. The van der Waals surface area contributed by atoms with Crippen LogP contribution in [0.3, 0.4) is 0 Å². The second-order valence-electron chi connectivity index (χ2n) is 6.54. The highest BCUT2D eigenvalue weighted by Crippen LogP contribution is 2.30. The summed E-state index contributed by atoms with van der Waals surface area (Å²) in [4.78, 5) is 34.1. The monoisotopic (exact) mass is 403 g/mol. The second-order valence-corrected chi connectivity index (χ2v) is 8.56. The molecule has 0 heterocycles. The molecule has 1 aliphatic carbocycles. The maximum absolute atomic E-state index is 12.4. The highest BCUT2D eigenvalue weighted by Gasteiger charge is 2.29. The number of amides is 2. The van der Waals surface area contributed by atoms with E-state index >= 15 is 0 Å². The van der Waals surface area contributed by atoms with Crippen LogP contribution in [0, 0.1) is 16.0 Å². The number of sulfone groups is 1. The minimum atomic E-state index is -3.73. The van der Waals surface area contributed by atoms with Crippen molar-refractivity contribution in [3.63, 3.8) is 0 Å². The molecule has 146 valence electrons. The van der Waals surface area contributed by atoms with Crippen molar-refractivity contribution < 1.29 is 22.9 Å². The van der Waals surface area contributed by atoms with Gasteiger partial charge in [0.05, 0.1) is 9.82 Å². The van der Waals surface area contributed by atoms with Gasteiger partial charge in [0, 0.05) is 41.2 Å². The Morgan fingerprint density at radius 2 is 1.61 bits per heavy atom. The van der Waals surface area contributed by atoms with Crippen molar-refractivity contribution >= 4 is 38.7 Å². The van der Waals surface area contributed by atoms with Crippen LogP contribution in [-0.4, -0.2) is 31.4 Å². The first kappa shape index (κ1) is 19.5. The van der Waals surface area contributed by atoms with Gasteiger partial charge in [0.25, 0.3) is 11.6 Å². The summed E-state index contributed by atoms with van der Waals surface area (Å²) in [5, 5.41) is 16.4. The van der Waals surface area contributed by atoms with Crippen LogP contribution in [0.4, 0.5) is 17.1 Å². The SMILES string of the molecule is CS(=O)(=O)c1cc(C(=O)Nc2ccc(NC(=O)C3CC3)cc2)cc([N+](=O)[O-])c1. The van der Waals surface area contributed by atoms with Crippen LogP contribution in [0.2, 0.25) is 0 Å². The van der Waals surface area contributed by atoms with Crippen molar-refractivity contribution in [2.45, 2.75) is 17.7 Å². The number of non-ortho nitro benzene ring substituents is 1. The van der Waals surface area contributed by atoms with Gasteiger partial charge in [0.15, 0.2) is 9.84 Å². The third-order valence-corrected chi connectivity index (χ3v) is 5.24. The number of hydrogen-bond acceptors (Lipinski definition) is 6. The molecule has 3 rings (SSSR count). The number of rotatable bonds is 6. The zero-order valence-corrected chi connectivity index (χ0v) is 15.7. The van der Waals surface area contributed by atoms with Crippen molar-refractivity contribution in [2.75, 3.05) is 16.9 Å². The normalized spacial score (nSPS) is 13.6. The van der Waals surface area contributed by atoms with Crippen molar-refractivity contribution in [2.24, 2.45) is 5.92 Å². The lowest BCUT2D eigenvalue weighted by Gasteiger charge is -2.09. The average molecular weight is 403 g/mol. The Hall–Kier alpha value is -3.27. The third-order valence-electron chi connectivity index (χ3n) is 4.15. The predicted molar refractivity (Wildman–Crippen MR) is 102 cm³/mol. The Balaban J connectivity index is 1.77. The van der Waals surface area contributed by atoms with Gasteiger partial charge in [-0.25, -0.2) is 8.42 Å². The summed E-state index contributed by atoms with van der Waals surface area (Å²) < 4.78 is 23.5. The largest absolute Gasteiger partial charge is 0.326 e. The molecule has 2 aromatic rings. The molecular formula is C18H17N3O6S. The lowest BCUT2D eigenvalue weighted by Crippen LogP contribution is -2.14. The van der Waals surface area contributed by atoms with Gasteiger partial charge in [-0.1, -0.05) is 0 Å².